The molecule has 0 heterocycles. The number of ether oxygens (including phenoxy) is 1. The quantitative estimate of drug-likeness (QED) is 0.474. The number of benzene rings is 2. The summed E-state index contributed by atoms with van der Waals surface area (Å²) in [5.41, 5.74) is 8.49. The van der Waals surface area contributed by atoms with Gasteiger partial charge in [-0.05, 0) is 52.4 Å². The van der Waals surface area contributed by atoms with Crippen LogP contribution in [0.4, 0.5) is 0 Å². The molecule has 2 aromatic rings. The molecule has 3 N–H and O–H groups in total. The summed E-state index contributed by atoms with van der Waals surface area (Å²) in [5, 5.41) is 4.49. The van der Waals surface area contributed by atoms with Gasteiger partial charge in [0.15, 0.2) is 10.9 Å². The normalized spacial score (nSPS) is 10.6. The van der Waals surface area contributed by atoms with Crippen LogP contribution in [0.5, 0.6) is 11.5 Å². The Morgan fingerprint density at radius 1 is 1.29 bits per heavy atom. The lowest BCUT2D eigenvalue weighted by Gasteiger charge is -2.12. The standard InChI is InChI=1S/C14H11BrClN3OS/c15-11-6-7-12(16)13(10(11)8-18-19-14(17)21)20-9-4-2-1-3-5-9/h1-8H,(H3,17,19,21). The molecule has 0 amide bonds. The summed E-state index contributed by atoms with van der Waals surface area (Å²) in [6, 6.07) is 12.9. The number of nitrogens with zero attached hydrogens (tertiary/aromatic N) is 1. The number of nitrogens with two attached hydrogens (primary N) is 1. The fourth-order valence-corrected chi connectivity index (χ4v) is 2.21. The third-order valence-electron chi connectivity index (χ3n) is 2.43. The summed E-state index contributed by atoms with van der Waals surface area (Å²) in [4.78, 5) is 0. The number of thiocarbonyl (C=S) groups is 1. The number of halogens is 2. The first-order valence-corrected chi connectivity index (χ1v) is 7.45. The van der Waals surface area contributed by atoms with Crippen LogP contribution >= 0.6 is 39.7 Å². The molecule has 0 unspecified atom stereocenters. The summed E-state index contributed by atoms with van der Waals surface area (Å²) in [7, 11) is 0. The largest absolute Gasteiger partial charge is 0.455 e. The van der Waals surface area contributed by atoms with Crippen LogP contribution in [0, 0.1) is 0 Å². The molecule has 2 rings (SSSR count). The average molecular weight is 385 g/mol. The Hall–Kier alpha value is -1.63. The zero-order valence-electron chi connectivity index (χ0n) is 10.7. The smallest absolute Gasteiger partial charge is 0.184 e. The minimum Gasteiger partial charge on any atom is -0.455 e. The second-order valence-corrected chi connectivity index (χ2v) is 5.62. The molecule has 4 nitrogen and oxygen atoms in total. The molecule has 0 fully saturated rings. The van der Waals surface area contributed by atoms with Crippen molar-refractivity contribution in [3.63, 3.8) is 0 Å². The van der Waals surface area contributed by atoms with Gasteiger partial charge in [0.05, 0.1) is 16.8 Å². The molecule has 0 saturated carbocycles. The summed E-state index contributed by atoms with van der Waals surface area (Å²) in [6.07, 6.45) is 1.54. The molecule has 0 atom stereocenters. The van der Waals surface area contributed by atoms with Crippen molar-refractivity contribution in [2.45, 2.75) is 0 Å². The molecular weight excluding hydrogens is 374 g/mol. The first-order chi connectivity index (χ1) is 10.1. The van der Waals surface area contributed by atoms with Crippen molar-refractivity contribution in [1.29, 1.82) is 0 Å². The first kappa shape index (κ1) is 15.8. The molecule has 0 aromatic heterocycles. The van der Waals surface area contributed by atoms with Gasteiger partial charge < -0.3 is 10.5 Å². The molecule has 108 valence electrons. The second-order valence-electron chi connectivity index (χ2n) is 3.92. The van der Waals surface area contributed by atoms with Gasteiger partial charge >= 0.3 is 0 Å². The Labute approximate surface area is 141 Å². The maximum Gasteiger partial charge on any atom is 0.184 e. The van der Waals surface area contributed by atoms with Gasteiger partial charge in [-0.1, -0.05) is 29.8 Å². The molecule has 7 heteroatoms. The Kier molecular flexibility index (Phi) is 5.55. The van der Waals surface area contributed by atoms with E-state index in [4.69, 9.17) is 34.3 Å². The van der Waals surface area contributed by atoms with E-state index < -0.39 is 0 Å². The predicted octanol–water partition coefficient (Wildman–Crippen LogP) is 4.06. The minimum absolute atomic E-state index is 0.0786. The molecule has 2 aromatic carbocycles. The van der Waals surface area contributed by atoms with Gasteiger partial charge in [-0.25, -0.2) is 0 Å². The average Bonchev–Trinajstić information content (AvgIpc) is 2.46. The van der Waals surface area contributed by atoms with Crippen LogP contribution in [0.2, 0.25) is 5.02 Å². The van der Waals surface area contributed by atoms with Gasteiger partial charge in [-0.15, -0.1) is 0 Å². The van der Waals surface area contributed by atoms with Gasteiger partial charge in [0, 0.05) is 4.47 Å². The van der Waals surface area contributed by atoms with Crippen molar-refractivity contribution in [3.05, 3.63) is 57.5 Å². The molecule has 0 saturated heterocycles. The number of hydrazone groups is 1. The summed E-state index contributed by atoms with van der Waals surface area (Å²) >= 11 is 14.3. The number of rotatable bonds is 4. The Balaban J connectivity index is 2.36. The van der Waals surface area contributed by atoms with Crippen molar-refractivity contribution >= 4 is 51.1 Å². The lowest BCUT2D eigenvalue weighted by Crippen LogP contribution is -2.24. The van der Waals surface area contributed by atoms with E-state index in [1.165, 1.54) is 6.21 Å². The Morgan fingerprint density at radius 3 is 2.67 bits per heavy atom. The fraction of sp³-hybridized carbons (Fsp3) is 0. The van der Waals surface area contributed by atoms with Crippen molar-refractivity contribution in [2.24, 2.45) is 10.8 Å². The van der Waals surface area contributed by atoms with Crippen LogP contribution in [0.3, 0.4) is 0 Å². The molecular formula is C14H11BrClN3OS. The van der Waals surface area contributed by atoms with Crippen LogP contribution < -0.4 is 15.9 Å². The lowest BCUT2D eigenvalue weighted by molar-refractivity contribution is 0.482. The maximum atomic E-state index is 6.21. The van der Waals surface area contributed by atoms with E-state index in [0.29, 0.717) is 22.1 Å². The SMILES string of the molecule is NC(=S)NN=Cc1c(Br)ccc(Cl)c1Oc1ccccc1. The van der Waals surface area contributed by atoms with E-state index in [1.54, 1.807) is 6.07 Å². The zero-order valence-corrected chi connectivity index (χ0v) is 13.9. The van der Waals surface area contributed by atoms with Gasteiger partial charge in [0.25, 0.3) is 0 Å². The molecule has 21 heavy (non-hydrogen) atoms. The van der Waals surface area contributed by atoms with E-state index in [1.807, 2.05) is 36.4 Å². The first-order valence-electron chi connectivity index (χ1n) is 5.87. The Bertz CT molecular complexity index is 679. The van der Waals surface area contributed by atoms with Gasteiger partial charge in [0.1, 0.15) is 5.75 Å². The molecule has 0 radical (unpaired) electrons. The third-order valence-corrected chi connectivity index (χ3v) is 3.51. The highest BCUT2D eigenvalue weighted by Gasteiger charge is 2.12. The van der Waals surface area contributed by atoms with Crippen molar-refractivity contribution < 1.29 is 4.74 Å². The van der Waals surface area contributed by atoms with Crippen molar-refractivity contribution in [2.75, 3.05) is 0 Å². The van der Waals surface area contributed by atoms with Crippen LogP contribution in [0.15, 0.2) is 52.0 Å². The van der Waals surface area contributed by atoms with Crippen LogP contribution in [-0.4, -0.2) is 11.3 Å². The summed E-state index contributed by atoms with van der Waals surface area (Å²) in [5.74, 6) is 1.17. The fourth-order valence-electron chi connectivity index (χ4n) is 1.54. The maximum absolute atomic E-state index is 6.21. The number of hydrogen-bond acceptors (Lipinski definition) is 3. The van der Waals surface area contributed by atoms with E-state index in [9.17, 15) is 0 Å². The van der Waals surface area contributed by atoms with Crippen LogP contribution in [0.1, 0.15) is 5.56 Å². The van der Waals surface area contributed by atoms with Gasteiger partial charge in [-0.3, -0.25) is 5.43 Å². The summed E-state index contributed by atoms with van der Waals surface area (Å²) in [6.45, 7) is 0. The topological polar surface area (TPSA) is 59.6 Å². The van der Waals surface area contributed by atoms with Gasteiger partial charge in [0.2, 0.25) is 0 Å². The zero-order chi connectivity index (χ0) is 15.2. The number of hydrogen-bond donors (Lipinski definition) is 2. The van der Waals surface area contributed by atoms with E-state index in [-0.39, 0.29) is 5.11 Å². The van der Waals surface area contributed by atoms with Crippen LogP contribution in [-0.2, 0) is 0 Å². The minimum atomic E-state index is 0.0786. The monoisotopic (exact) mass is 383 g/mol. The number of para-hydroxylation sites is 1. The van der Waals surface area contributed by atoms with E-state index >= 15 is 0 Å². The molecule has 0 aliphatic heterocycles. The summed E-state index contributed by atoms with van der Waals surface area (Å²) < 4.78 is 6.62. The van der Waals surface area contributed by atoms with Crippen LogP contribution in [0.25, 0.3) is 0 Å². The second kappa shape index (κ2) is 7.40. The van der Waals surface area contributed by atoms with Gasteiger partial charge in [-0.2, -0.15) is 5.10 Å². The number of nitrogens with one attached hydrogen (secondary N) is 1. The highest BCUT2D eigenvalue weighted by molar-refractivity contribution is 9.10. The molecule has 0 aliphatic carbocycles. The van der Waals surface area contributed by atoms with E-state index in [2.05, 4.69) is 26.5 Å². The Morgan fingerprint density at radius 2 is 2.00 bits per heavy atom. The third kappa shape index (κ3) is 4.42. The van der Waals surface area contributed by atoms with Crippen molar-refractivity contribution in [1.82, 2.24) is 5.43 Å². The predicted molar refractivity (Wildman–Crippen MR) is 93.2 cm³/mol. The lowest BCUT2D eigenvalue weighted by atomic mass is 10.2. The highest BCUT2D eigenvalue weighted by atomic mass is 79.9. The molecule has 0 bridgehead atoms. The van der Waals surface area contributed by atoms with Crippen molar-refractivity contribution in [3.8, 4) is 11.5 Å². The molecule has 0 spiro atoms. The van der Waals surface area contributed by atoms with E-state index in [0.717, 1.165) is 4.47 Å². The highest BCUT2D eigenvalue weighted by Crippen LogP contribution is 2.36. The molecule has 0 aliphatic rings.